The molecule has 0 saturated carbocycles. The van der Waals surface area contributed by atoms with Crippen molar-refractivity contribution < 1.29 is 19.1 Å². The van der Waals surface area contributed by atoms with Crippen LogP contribution in [0, 0.1) is 6.92 Å². The van der Waals surface area contributed by atoms with Crippen molar-refractivity contribution in [1.29, 1.82) is 0 Å². The van der Waals surface area contributed by atoms with Gasteiger partial charge in [-0.2, -0.15) is 5.10 Å². The van der Waals surface area contributed by atoms with Crippen LogP contribution in [0.4, 0.5) is 11.4 Å². The number of aromatic nitrogens is 3. The summed E-state index contributed by atoms with van der Waals surface area (Å²) >= 11 is 0. The second-order valence-electron chi connectivity index (χ2n) is 6.67. The Morgan fingerprint density at radius 3 is 2.93 bits per heavy atom. The lowest BCUT2D eigenvalue weighted by molar-refractivity contribution is -0.119. The van der Waals surface area contributed by atoms with E-state index in [1.807, 2.05) is 6.07 Å². The fourth-order valence-electron chi connectivity index (χ4n) is 3.31. The molecule has 0 atom stereocenters. The van der Waals surface area contributed by atoms with Crippen LogP contribution >= 0.6 is 0 Å². The van der Waals surface area contributed by atoms with Crippen molar-refractivity contribution in [2.24, 2.45) is 0 Å². The lowest BCUT2D eigenvalue weighted by Gasteiger charge is -2.16. The van der Waals surface area contributed by atoms with Crippen molar-refractivity contribution in [2.75, 3.05) is 23.4 Å². The molecule has 3 heterocycles. The summed E-state index contributed by atoms with van der Waals surface area (Å²) in [6.07, 6.45) is 4.59. The Kier molecular flexibility index (Phi) is 4.94. The van der Waals surface area contributed by atoms with Gasteiger partial charge < -0.3 is 15.0 Å². The molecule has 0 radical (unpaired) electrons. The molecule has 9 heteroatoms. The lowest BCUT2D eigenvalue weighted by atomic mass is 10.2. The van der Waals surface area contributed by atoms with E-state index >= 15 is 0 Å². The van der Waals surface area contributed by atoms with Crippen molar-refractivity contribution in [2.45, 2.75) is 19.8 Å². The Morgan fingerprint density at radius 1 is 1.28 bits per heavy atom. The first kappa shape index (κ1) is 18.6. The lowest BCUT2D eigenvalue weighted by Crippen LogP contribution is -2.24. The van der Waals surface area contributed by atoms with Gasteiger partial charge in [0.2, 0.25) is 5.91 Å². The van der Waals surface area contributed by atoms with Crippen LogP contribution in [0.5, 0.6) is 0 Å². The van der Waals surface area contributed by atoms with Gasteiger partial charge in [0.05, 0.1) is 5.69 Å². The Bertz CT molecular complexity index is 1110. The summed E-state index contributed by atoms with van der Waals surface area (Å²) in [6, 6.07) is 8.72. The number of nitrogens with zero attached hydrogens (tertiary/aromatic N) is 4. The number of fused-ring (bicyclic) bond motifs is 1. The molecular formula is C20H19N5O4. The van der Waals surface area contributed by atoms with E-state index in [0.717, 1.165) is 12.1 Å². The molecule has 1 saturated heterocycles. The van der Waals surface area contributed by atoms with Crippen molar-refractivity contribution in [3.8, 4) is 0 Å². The molecular weight excluding hydrogens is 374 g/mol. The van der Waals surface area contributed by atoms with Gasteiger partial charge >= 0.3 is 5.97 Å². The van der Waals surface area contributed by atoms with Gasteiger partial charge in [0.15, 0.2) is 12.3 Å². The topological polar surface area (TPSA) is 106 Å². The maximum Gasteiger partial charge on any atom is 0.344 e. The summed E-state index contributed by atoms with van der Waals surface area (Å²) in [5.74, 6) is -1.08. The molecule has 1 fully saturated rings. The van der Waals surface area contributed by atoms with E-state index in [2.05, 4.69) is 15.4 Å². The zero-order valence-corrected chi connectivity index (χ0v) is 15.8. The molecule has 0 bridgehead atoms. The van der Waals surface area contributed by atoms with Crippen molar-refractivity contribution in [3.63, 3.8) is 0 Å². The second-order valence-corrected chi connectivity index (χ2v) is 6.67. The first-order chi connectivity index (χ1) is 14.0. The Hall–Kier alpha value is -3.75. The van der Waals surface area contributed by atoms with E-state index in [1.165, 1.54) is 4.52 Å². The third kappa shape index (κ3) is 3.79. The number of nitrogens with one attached hydrogen (secondary N) is 1. The monoisotopic (exact) mass is 393 g/mol. The quantitative estimate of drug-likeness (QED) is 0.664. The van der Waals surface area contributed by atoms with Crippen LogP contribution in [0.1, 0.15) is 28.9 Å². The maximum absolute atomic E-state index is 12.4. The van der Waals surface area contributed by atoms with Crippen LogP contribution < -0.4 is 10.2 Å². The molecule has 4 rings (SSSR count). The maximum atomic E-state index is 12.4. The summed E-state index contributed by atoms with van der Waals surface area (Å²) in [6.45, 7) is 1.90. The van der Waals surface area contributed by atoms with Crippen LogP contribution in [0.15, 0.2) is 42.7 Å². The highest BCUT2D eigenvalue weighted by Gasteiger charge is 2.22. The summed E-state index contributed by atoms with van der Waals surface area (Å²) < 4.78 is 6.63. The number of carbonyl (C=O) groups excluding carboxylic acids is 3. The van der Waals surface area contributed by atoms with Gasteiger partial charge in [0, 0.05) is 36.7 Å². The number of anilines is 2. The van der Waals surface area contributed by atoms with Crippen LogP contribution in [0.3, 0.4) is 0 Å². The zero-order chi connectivity index (χ0) is 20.4. The van der Waals surface area contributed by atoms with Gasteiger partial charge in [-0.3, -0.25) is 9.59 Å². The first-order valence-electron chi connectivity index (χ1n) is 9.20. The van der Waals surface area contributed by atoms with Gasteiger partial charge in [-0.1, -0.05) is 6.07 Å². The third-order valence-electron chi connectivity index (χ3n) is 4.62. The first-order valence-corrected chi connectivity index (χ1v) is 9.20. The molecule has 0 unspecified atom stereocenters. The van der Waals surface area contributed by atoms with Gasteiger partial charge in [-0.15, -0.1) is 0 Å². The van der Waals surface area contributed by atoms with Crippen LogP contribution in [0.25, 0.3) is 5.65 Å². The van der Waals surface area contributed by atoms with E-state index in [1.54, 1.807) is 48.5 Å². The van der Waals surface area contributed by atoms with Gasteiger partial charge in [-0.25, -0.2) is 14.3 Å². The van der Waals surface area contributed by atoms with Gasteiger partial charge in [-0.05, 0) is 37.6 Å². The van der Waals surface area contributed by atoms with E-state index in [-0.39, 0.29) is 11.5 Å². The minimum Gasteiger partial charge on any atom is -0.452 e. The number of esters is 1. The fourth-order valence-corrected chi connectivity index (χ4v) is 3.31. The Balaban J connectivity index is 1.39. The highest BCUT2D eigenvalue weighted by molar-refractivity contribution is 6.00. The number of ether oxygens (including phenoxy) is 1. The predicted molar refractivity (Wildman–Crippen MR) is 105 cm³/mol. The standard InChI is InChI=1S/C20H19N5O4/c1-13-18(19-21-8-4-10-25(19)23-13)20(28)29-12-16(26)22-14-5-2-6-15(11-14)24-9-3-7-17(24)27/h2,4-6,8,10-11H,3,7,9,12H2,1H3,(H,22,26). The number of aryl methyl sites for hydroxylation is 1. The van der Waals surface area contributed by atoms with E-state index < -0.39 is 18.5 Å². The Morgan fingerprint density at radius 2 is 2.14 bits per heavy atom. The summed E-state index contributed by atoms with van der Waals surface area (Å²) in [7, 11) is 0. The summed E-state index contributed by atoms with van der Waals surface area (Å²) in [4.78, 5) is 42.4. The highest BCUT2D eigenvalue weighted by Crippen LogP contribution is 2.24. The largest absolute Gasteiger partial charge is 0.452 e. The van der Waals surface area contributed by atoms with Crippen LogP contribution in [-0.4, -0.2) is 45.5 Å². The molecule has 2 aromatic heterocycles. The molecule has 29 heavy (non-hydrogen) atoms. The predicted octanol–water partition coefficient (Wildman–Crippen LogP) is 1.96. The smallest absolute Gasteiger partial charge is 0.344 e. The van der Waals surface area contributed by atoms with Crippen molar-refractivity contribution >= 4 is 34.8 Å². The molecule has 9 nitrogen and oxygen atoms in total. The second kappa shape index (κ2) is 7.70. The molecule has 1 aromatic carbocycles. The van der Waals surface area contributed by atoms with Gasteiger partial charge in [0.25, 0.3) is 5.91 Å². The number of hydrogen-bond donors (Lipinski definition) is 1. The molecule has 148 valence electrons. The molecule has 3 aromatic rings. The molecule has 0 aliphatic carbocycles. The van der Waals surface area contributed by atoms with E-state index in [4.69, 9.17) is 4.74 Å². The van der Waals surface area contributed by atoms with Crippen molar-refractivity contribution in [3.05, 3.63) is 54.0 Å². The molecule has 1 aliphatic heterocycles. The average molecular weight is 393 g/mol. The third-order valence-corrected chi connectivity index (χ3v) is 4.62. The highest BCUT2D eigenvalue weighted by atomic mass is 16.5. The van der Waals surface area contributed by atoms with Crippen molar-refractivity contribution in [1.82, 2.24) is 14.6 Å². The summed E-state index contributed by atoms with van der Waals surface area (Å²) in [5, 5.41) is 6.89. The average Bonchev–Trinajstić information content (AvgIpc) is 3.28. The van der Waals surface area contributed by atoms with E-state index in [0.29, 0.717) is 30.0 Å². The van der Waals surface area contributed by atoms with Gasteiger partial charge in [0.1, 0.15) is 5.56 Å². The SMILES string of the molecule is Cc1nn2cccnc2c1C(=O)OCC(=O)Nc1cccc(N2CCCC2=O)c1. The molecule has 0 spiro atoms. The minimum atomic E-state index is -0.664. The molecule has 2 amide bonds. The normalized spacial score (nSPS) is 13.7. The van der Waals surface area contributed by atoms with Crippen LogP contribution in [-0.2, 0) is 14.3 Å². The molecule has 1 N–H and O–H groups in total. The number of hydrogen-bond acceptors (Lipinski definition) is 6. The summed E-state index contributed by atoms with van der Waals surface area (Å²) in [5.41, 5.74) is 2.33. The number of amides is 2. The van der Waals surface area contributed by atoms with Crippen LogP contribution in [0.2, 0.25) is 0 Å². The zero-order valence-electron chi connectivity index (χ0n) is 15.8. The fraction of sp³-hybridized carbons (Fsp3) is 0.250. The Labute approximate surface area is 166 Å². The van der Waals surface area contributed by atoms with E-state index in [9.17, 15) is 14.4 Å². The number of benzene rings is 1. The minimum absolute atomic E-state index is 0.0692. The number of carbonyl (C=O) groups is 3. The number of rotatable bonds is 5. The molecule has 1 aliphatic rings.